The normalized spacial score (nSPS) is 13.7. The van der Waals surface area contributed by atoms with Crippen molar-refractivity contribution in [3.8, 4) is 11.5 Å². The molecule has 0 heterocycles. The molecular formula is C40H36O4P2. The van der Waals surface area contributed by atoms with Crippen LogP contribution in [0.1, 0.15) is 11.1 Å². The van der Waals surface area contributed by atoms with Gasteiger partial charge < -0.3 is 18.6 Å². The second-order valence-corrected chi connectivity index (χ2v) is 16.9. The van der Waals surface area contributed by atoms with Crippen molar-refractivity contribution >= 4 is 35.5 Å². The van der Waals surface area contributed by atoms with Gasteiger partial charge in [0.1, 0.15) is 39.0 Å². The van der Waals surface area contributed by atoms with E-state index in [-0.39, 0.29) is 12.3 Å². The van der Waals surface area contributed by atoms with Gasteiger partial charge in [0.2, 0.25) is 0 Å². The largest absolute Gasteiger partial charge is 0.488 e. The minimum atomic E-state index is -3.34. The predicted octanol–water partition coefficient (Wildman–Crippen LogP) is 8.17. The zero-order chi connectivity index (χ0) is 31.7. The van der Waals surface area contributed by atoms with Crippen molar-refractivity contribution in [2.24, 2.45) is 0 Å². The molecule has 2 unspecified atom stereocenters. The van der Waals surface area contributed by atoms with Crippen LogP contribution in [-0.2, 0) is 22.3 Å². The minimum absolute atomic E-state index is 0.182. The second kappa shape index (κ2) is 14.6. The van der Waals surface area contributed by atoms with Crippen LogP contribution in [0, 0.1) is 0 Å². The van der Waals surface area contributed by atoms with Gasteiger partial charge in [-0.1, -0.05) is 146 Å². The predicted molar refractivity (Wildman–Crippen MR) is 191 cm³/mol. The van der Waals surface area contributed by atoms with Gasteiger partial charge in [-0.2, -0.15) is 0 Å². The van der Waals surface area contributed by atoms with Gasteiger partial charge in [0.05, 0.1) is 10.6 Å². The van der Waals surface area contributed by atoms with E-state index in [4.69, 9.17) is 9.47 Å². The fourth-order valence-electron chi connectivity index (χ4n) is 5.62. The maximum Gasteiger partial charge on any atom is 0.147 e. The first-order chi connectivity index (χ1) is 22.6. The smallest absolute Gasteiger partial charge is 0.147 e. The fourth-order valence-corrected chi connectivity index (χ4v) is 12.4. The molecule has 46 heavy (non-hydrogen) atoms. The Kier molecular flexibility index (Phi) is 9.99. The maximum absolute atomic E-state index is 15.5. The molecular weight excluding hydrogens is 606 g/mol. The Labute approximate surface area is 271 Å². The number of hydrogen-bond donors (Lipinski definition) is 0. The zero-order valence-electron chi connectivity index (χ0n) is 25.5. The lowest BCUT2D eigenvalue weighted by atomic mass is 10.2. The molecule has 0 saturated carbocycles. The average Bonchev–Trinajstić information content (AvgIpc) is 3.14. The molecule has 0 N–H and O–H groups in total. The molecule has 0 aliphatic carbocycles. The highest BCUT2D eigenvalue weighted by molar-refractivity contribution is 7.82. The molecule has 6 aromatic carbocycles. The SMILES string of the molecule is O=P(CCP(=O)(c1ccccc1)c1ccccc1OCc1ccccc1)(c1ccccc1)c1ccccc1OCc1ccccc1. The van der Waals surface area contributed by atoms with Crippen LogP contribution in [0.5, 0.6) is 11.5 Å². The van der Waals surface area contributed by atoms with Crippen LogP contribution in [0.4, 0.5) is 0 Å². The number of para-hydroxylation sites is 2. The van der Waals surface area contributed by atoms with Gasteiger partial charge >= 0.3 is 0 Å². The van der Waals surface area contributed by atoms with Crippen molar-refractivity contribution in [2.45, 2.75) is 13.2 Å². The summed E-state index contributed by atoms with van der Waals surface area (Å²) in [5, 5.41) is 2.67. The standard InChI is InChI=1S/C40H36O4P2/c41-45(35-21-9-3-10-22-35,39-27-15-13-25-37(39)43-31-33-17-5-1-6-18-33)29-30-46(42,36-23-11-4-12-24-36)40-28-16-14-26-38(40)44-32-34-19-7-2-8-20-34/h1-28H,29-32H2. The van der Waals surface area contributed by atoms with Gasteiger partial charge in [-0.15, -0.1) is 0 Å². The van der Waals surface area contributed by atoms with Crippen LogP contribution in [-0.4, -0.2) is 12.3 Å². The topological polar surface area (TPSA) is 52.6 Å². The van der Waals surface area contributed by atoms with E-state index in [1.807, 2.05) is 170 Å². The highest BCUT2D eigenvalue weighted by atomic mass is 31.2. The monoisotopic (exact) mass is 642 g/mol. The van der Waals surface area contributed by atoms with Gasteiger partial charge in [0, 0.05) is 22.9 Å². The Morgan fingerprint density at radius 1 is 0.370 bits per heavy atom. The van der Waals surface area contributed by atoms with Crippen LogP contribution < -0.4 is 30.7 Å². The van der Waals surface area contributed by atoms with Crippen LogP contribution in [0.3, 0.4) is 0 Å². The van der Waals surface area contributed by atoms with E-state index in [1.165, 1.54) is 0 Å². The van der Waals surface area contributed by atoms with Crippen molar-refractivity contribution in [2.75, 3.05) is 12.3 Å². The molecule has 230 valence electrons. The molecule has 0 bridgehead atoms. The zero-order valence-corrected chi connectivity index (χ0v) is 27.3. The van der Waals surface area contributed by atoms with E-state index in [2.05, 4.69) is 0 Å². The van der Waals surface area contributed by atoms with Crippen molar-refractivity contribution in [3.05, 3.63) is 181 Å². The molecule has 0 amide bonds. The lowest BCUT2D eigenvalue weighted by Crippen LogP contribution is -2.26. The van der Waals surface area contributed by atoms with Crippen LogP contribution >= 0.6 is 14.3 Å². The molecule has 0 aliphatic rings. The molecule has 0 radical (unpaired) electrons. The Morgan fingerprint density at radius 3 is 1.04 bits per heavy atom. The van der Waals surface area contributed by atoms with Gasteiger partial charge in [0.25, 0.3) is 0 Å². The van der Waals surface area contributed by atoms with Gasteiger partial charge in [0.15, 0.2) is 0 Å². The van der Waals surface area contributed by atoms with E-state index >= 15 is 9.13 Å². The maximum atomic E-state index is 15.5. The number of ether oxygens (including phenoxy) is 2. The molecule has 0 aromatic heterocycles. The van der Waals surface area contributed by atoms with Crippen molar-refractivity contribution in [3.63, 3.8) is 0 Å². The quantitative estimate of drug-likeness (QED) is 0.119. The summed E-state index contributed by atoms with van der Waals surface area (Å²) >= 11 is 0. The first-order valence-corrected chi connectivity index (χ1v) is 19.2. The molecule has 6 rings (SSSR count). The van der Waals surface area contributed by atoms with Gasteiger partial charge in [-0.3, -0.25) is 0 Å². The summed E-state index contributed by atoms with van der Waals surface area (Å²) in [7, 11) is -6.67. The Morgan fingerprint density at radius 2 is 0.674 bits per heavy atom. The van der Waals surface area contributed by atoms with Gasteiger partial charge in [-0.05, 0) is 35.4 Å². The summed E-state index contributed by atoms with van der Waals surface area (Å²) < 4.78 is 43.7. The third-order valence-electron chi connectivity index (χ3n) is 8.06. The van der Waals surface area contributed by atoms with Crippen LogP contribution in [0.25, 0.3) is 0 Å². The molecule has 4 nitrogen and oxygen atoms in total. The summed E-state index contributed by atoms with van der Waals surface area (Å²) in [6, 6.07) is 54.0. The van der Waals surface area contributed by atoms with Crippen LogP contribution in [0.15, 0.2) is 170 Å². The van der Waals surface area contributed by atoms with E-state index in [0.29, 0.717) is 45.9 Å². The summed E-state index contributed by atoms with van der Waals surface area (Å²) in [5.74, 6) is 1.14. The summed E-state index contributed by atoms with van der Waals surface area (Å²) in [6.45, 7) is 0.697. The van der Waals surface area contributed by atoms with Gasteiger partial charge in [-0.25, -0.2) is 0 Å². The lowest BCUT2D eigenvalue weighted by Gasteiger charge is -2.26. The highest BCUT2D eigenvalue weighted by Crippen LogP contribution is 2.53. The average molecular weight is 643 g/mol. The molecule has 0 spiro atoms. The third-order valence-corrected chi connectivity index (χ3v) is 14.7. The number of hydrogen-bond acceptors (Lipinski definition) is 4. The summed E-state index contributed by atoms with van der Waals surface area (Å²) in [5.41, 5.74) is 2.04. The number of benzene rings is 6. The highest BCUT2D eigenvalue weighted by Gasteiger charge is 2.37. The van der Waals surface area contributed by atoms with E-state index in [9.17, 15) is 0 Å². The molecule has 6 aromatic rings. The fraction of sp³-hybridized carbons (Fsp3) is 0.100. The molecule has 2 atom stereocenters. The van der Waals surface area contributed by atoms with E-state index in [1.54, 1.807) is 0 Å². The Hall–Kier alpha value is -4.62. The van der Waals surface area contributed by atoms with E-state index in [0.717, 1.165) is 11.1 Å². The first kappa shape index (κ1) is 31.4. The third kappa shape index (κ3) is 7.10. The lowest BCUT2D eigenvalue weighted by molar-refractivity contribution is 0.308. The Balaban J connectivity index is 1.39. The molecule has 0 aliphatic heterocycles. The minimum Gasteiger partial charge on any atom is -0.488 e. The molecule has 0 fully saturated rings. The van der Waals surface area contributed by atoms with Crippen LogP contribution in [0.2, 0.25) is 0 Å². The summed E-state index contributed by atoms with van der Waals surface area (Å²) in [4.78, 5) is 0. The van der Waals surface area contributed by atoms with E-state index < -0.39 is 14.3 Å². The first-order valence-electron chi connectivity index (χ1n) is 15.4. The molecule has 0 saturated heterocycles. The number of rotatable bonds is 13. The van der Waals surface area contributed by atoms with Crippen molar-refractivity contribution < 1.29 is 18.6 Å². The van der Waals surface area contributed by atoms with Crippen molar-refractivity contribution in [1.82, 2.24) is 0 Å². The summed E-state index contributed by atoms with van der Waals surface area (Å²) in [6.07, 6.45) is 0.365. The molecule has 6 heteroatoms. The second-order valence-electron chi connectivity index (χ2n) is 11.1. The van der Waals surface area contributed by atoms with Crippen molar-refractivity contribution in [1.29, 1.82) is 0 Å². The Bertz CT molecular complexity index is 1800.